The molecule has 0 amide bonds. The quantitative estimate of drug-likeness (QED) is 0.431. The molecule has 0 spiro atoms. The van der Waals surface area contributed by atoms with Crippen LogP contribution in [-0.4, -0.2) is 23.7 Å². The Bertz CT molecular complexity index is 1030. The third kappa shape index (κ3) is 3.25. The zero-order valence-corrected chi connectivity index (χ0v) is 16.4. The molecule has 2 aliphatic rings. The number of sulfonamides is 1. The van der Waals surface area contributed by atoms with E-state index in [1.165, 1.54) is 12.1 Å². The van der Waals surface area contributed by atoms with Crippen LogP contribution in [0, 0.1) is 17.0 Å². The summed E-state index contributed by atoms with van der Waals surface area (Å²) in [6.07, 6.45) is 5.80. The highest BCUT2D eigenvalue weighted by Gasteiger charge is 2.44. The molecule has 0 bridgehead atoms. The first-order valence-corrected chi connectivity index (χ1v) is 10.9. The zero-order valence-electron chi connectivity index (χ0n) is 15.6. The number of hydrogen-bond acceptors (Lipinski definition) is 4. The summed E-state index contributed by atoms with van der Waals surface area (Å²) < 4.78 is 28.7. The molecular formula is C21H22N2O4S. The lowest BCUT2D eigenvalue weighted by molar-refractivity contribution is -0.384. The molecule has 6 nitrogen and oxygen atoms in total. The van der Waals surface area contributed by atoms with Crippen molar-refractivity contribution in [2.75, 3.05) is 0 Å². The number of fused-ring (bicyclic) bond motifs is 1. The molecular weight excluding hydrogens is 376 g/mol. The first kappa shape index (κ1) is 18.8. The SMILES string of the molecule is Cc1ccc(S(=O)(=O)N2[C@H]3CCCCC3=C[C@H]2c2ccc([N+](=O)[O-])cc2)cc1. The predicted octanol–water partition coefficient (Wildman–Crippen LogP) is 4.52. The molecule has 0 radical (unpaired) electrons. The van der Waals surface area contributed by atoms with Gasteiger partial charge in [-0.15, -0.1) is 0 Å². The maximum atomic E-state index is 13.5. The van der Waals surface area contributed by atoms with Crippen LogP contribution in [0.15, 0.2) is 65.1 Å². The van der Waals surface area contributed by atoms with E-state index < -0.39 is 21.0 Å². The number of rotatable bonds is 4. The third-order valence-electron chi connectivity index (χ3n) is 5.62. The Morgan fingerprint density at radius 2 is 1.71 bits per heavy atom. The van der Waals surface area contributed by atoms with Crippen molar-refractivity contribution in [1.82, 2.24) is 4.31 Å². The van der Waals surface area contributed by atoms with E-state index in [1.807, 2.05) is 13.0 Å². The van der Waals surface area contributed by atoms with Gasteiger partial charge in [-0.2, -0.15) is 4.31 Å². The van der Waals surface area contributed by atoms with E-state index in [9.17, 15) is 18.5 Å². The van der Waals surface area contributed by atoms with Gasteiger partial charge in [0, 0.05) is 18.2 Å². The van der Waals surface area contributed by atoms with Gasteiger partial charge in [-0.3, -0.25) is 10.1 Å². The summed E-state index contributed by atoms with van der Waals surface area (Å²) in [5, 5.41) is 11.0. The summed E-state index contributed by atoms with van der Waals surface area (Å²) in [7, 11) is -3.70. The van der Waals surface area contributed by atoms with Crippen LogP contribution in [0.3, 0.4) is 0 Å². The highest BCUT2D eigenvalue weighted by Crippen LogP contribution is 2.44. The maximum absolute atomic E-state index is 13.5. The number of nitrogens with zero attached hydrogens (tertiary/aromatic N) is 2. The Labute approximate surface area is 164 Å². The molecule has 1 aliphatic heterocycles. The molecule has 0 saturated heterocycles. The lowest BCUT2D eigenvalue weighted by atomic mass is 9.92. The van der Waals surface area contributed by atoms with Gasteiger partial charge in [-0.05, 0) is 43.9 Å². The fourth-order valence-electron chi connectivity index (χ4n) is 4.16. The minimum absolute atomic E-state index is 0.000224. The number of benzene rings is 2. The zero-order chi connectivity index (χ0) is 19.9. The molecule has 1 saturated carbocycles. The maximum Gasteiger partial charge on any atom is 0.269 e. The van der Waals surface area contributed by atoms with Crippen molar-refractivity contribution in [3.05, 3.63) is 81.4 Å². The predicted molar refractivity (Wildman–Crippen MR) is 106 cm³/mol. The Morgan fingerprint density at radius 1 is 1.04 bits per heavy atom. The average Bonchev–Trinajstić information content (AvgIpc) is 3.09. The smallest absolute Gasteiger partial charge is 0.258 e. The monoisotopic (exact) mass is 398 g/mol. The standard InChI is InChI=1S/C21H22N2O4S/c1-15-6-12-19(13-7-15)28(26,27)22-20-5-3-2-4-17(20)14-21(22)16-8-10-18(11-9-16)23(24)25/h6-14,20-21H,2-5H2,1H3/t20-,21-/m0/s1. The van der Waals surface area contributed by atoms with E-state index in [0.717, 1.165) is 42.4 Å². The first-order chi connectivity index (χ1) is 13.4. The first-order valence-electron chi connectivity index (χ1n) is 9.43. The average molecular weight is 398 g/mol. The van der Waals surface area contributed by atoms with Gasteiger partial charge in [-0.25, -0.2) is 8.42 Å². The Hall–Kier alpha value is -2.51. The summed E-state index contributed by atoms with van der Waals surface area (Å²) in [4.78, 5) is 10.8. The van der Waals surface area contributed by atoms with E-state index in [2.05, 4.69) is 0 Å². The van der Waals surface area contributed by atoms with Crippen molar-refractivity contribution in [3.8, 4) is 0 Å². The van der Waals surface area contributed by atoms with E-state index >= 15 is 0 Å². The topological polar surface area (TPSA) is 80.5 Å². The fraction of sp³-hybridized carbons (Fsp3) is 0.333. The molecule has 146 valence electrons. The van der Waals surface area contributed by atoms with Crippen molar-refractivity contribution in [2.24, 2.45) is 0 Å². The highest BCUT2D eigenvalue weighted by atomic mass is 32.2. The van der Waals surface area contributed by atoms with Gasteiger partial charge < -0.3 is 0 Å². The minimum Gasteiger partial charge on any atom is -0.258 e. The molecule has 7 heteroatoms. The van der Waals surface area contributed by atoms with Gasteiger partial charge in [0.2, 0.25) is 10.0 Å². The molecule has 0 N–H and O–H groups in total. The second-order valence-corrected chi connectivity index (χ2v) is 9.29. The normalized spacial score (nSPS) is 22.5. The summed E-state index contributed by atoms with van der Waals surface area (Å²) in [5.74, 6) is 0. The Balaban J connectivity index is 1.77. The van der Waals surface area contributed by atoms with Crippen LogP contribution >= 0.6 is 0 Å². The van der Waals surface area contributed by atoms with Gasteiger partial charge in [-0.1, -0.05) is 47.9 Å². The molecule has 0 aromatic heterocycles. The summed E-state index contributed by atoms with van der Waals surface area (Å²) >= 11 is 0. The van der Waals surface area contributed by atoms with Gasteiger partial charge in [0.05, 0.1) is 15.9 Å². The van der Waals surface area contributed by atoms with Crippen LogP contribution in [0.25, 0.3) is 0 Å². The molecule has 4 rings (SSSR count). The van der Waals surface area contributed by atoms with Crippen LogP contribution in [0.1, 0.15) is 42.9 Å². The van der Waals surface area contributed by atoms with E-state index in [4.69, 9.17) is 0 Å². The van der Waals surface area contributed by atoms with Crippen LogP contribution in [0.5, 0.6) is 0 Å². The lowest BCUT2D eigenvalue weighted by Crippen LogP contribution is -2.40. The molecule has 1 fully saturated rings. The molecule has 2 aromatic carbocycles. The number of aryl methyl sites for hydroxylation is 1. The van der Waals surface area contributed by atoms with Gasteiger partial charge in [0.1, 0.15) is 0 Å². The van der Waals surface area contributed by atoms with Crippen LogP contribution in [0.4, 0.5) is 5.69 Å². The van der Waals surface area contributed by atoms with E-state index in [-0.39, 0.29) is 16.6 Å². The Morgan fingerprint density at radius 3 is 2.36 bits per heavy atom. The largest absolute Gasteiger partial charge is 0.269 e. The van der Waals surface area contributed by atoms with Crippen molar-refractivity contribution in [2.45, 2.75) is 49.6 Å². The van der Waals surface area contributed by atoms with Crippen molar-refractivity contribution < 1.29 is 13.3 Å². The minimum atomic E-state index is -3.70. The second kappa shape index (κ2) is 7.14. The number of nitro groups is 1. The third-order valence-corrected chi connectivity index (χ3v) is 7.52. The molecule has 2 aromatic rings. The molecule has 2 atom stereocenters. The van der Waals surface area contributed by atoms with Gasteiger partial charge in [0.15, 0.2) is 0 Å². The number of hydrogen-bond donors (Lipinski definition) is 0. The molecule has 1 heterocycles. The van der Waals surface area contributed by atoms with E-state index in [1.54, 1.807) is 40.7 Å². The number of nitro benzene ring substituents is 1. The Kier molecular flexibility index (Phi) is 4.81. The molecule has 0 unspecified atom stereocenters. The van der Waals surface area contributed by atoms with Gasteiger partial charge in [0.25, 0.3) is 5.69 Å². The van der Waals surface area contributed by atoms with Crippen molar-refractivity contribution >= 4 is 15.7 Å². The van der Waals surface area contributed by atoms with E-state index in [0.29, 0.717) is 0 Å². The van der Waals surface area contributed by atoms with Crippen LogP contribution in [-0.2, 0) is 10.0 Å². The molecule has 28 heavy (non-hydrogen) atoms. The summed E-state index contributed by atoms with van der Waals surface area (Å²) in [6, 6.07) is 12.5. The van der Waals surface area contributed by atoms with Crippen LogP contribution < -0.4 is 0 Å². The second-order valence-electron chi connectivity index (χ2n) is 7.44. The summed E-state index contributed by atoms with van der Waals surface area (Å²) in [6.45, 7) is 1.92. The lowest BCUT2D eigenvalue weighted by Gasteiger charge is -2.33. The number of non-ortho nitro benzene ring substituents is 1. The van der Waals surface area contributed by atoms with Gasteiger partial charge >= 0.3 is 0 Å². The highest BCUT2D eigenvalue weighted by molar-refractivity contribution is 7.89. The molecule has 1 aliphatic carbocycles. The van der Waals surface area contributed by atoms with Crippen LogP contribution in [0.2, 0.25) is 0 Å². The van der Waals surface area contributed by atoms with Crippen molar-refractivity contribution in [1.29, 1.82) is 0 Å². The fourth-order valence-corrected chi connectivity index (χ4v) is 5.94. The van der Waals surface area contributed by atoms with Crippen molar-refractivity contribution in [3.63, 3.8) is 0 Å². The summed E-state index contributed by atoms with van der Waals surface area (Å²) in [5.41, 5.74) is 2.91.